The van der Waals surface area contributed by atoms with Gasteiger partial charge in [0.25, 0.3) is 0 Å². The lowest BCUT2D eigenvalue weighted by Gasteiger charge is -2.23. The average Bonchev–Trinajstić information content (AvgIpc) is 2.61. The molecule has 0 spiro atoms. The third-order valence-corrected chi connectivity index (χ3v) is 2.89. The van der Waals surface area contributed by atoms with E-state index in [9.17, 15) is 9.59 Å². The number of carbonyl (C=O) groups excluding carboxylic acids is 1. The molecule has 0 bridgehead atoms. The van der Waals surface area contributed by atoms with E-state index in [0.29, 0.717) is 10.0 Å². The van der Waals surface area contributed by atoms with Crippen LogP contribution in [0.4, 0.5) is 9.93 Å². The first-order valence-electron chi connectivity index (χ1n) is 5.32. The van der Waals surface area contributed by atoms with Crippen LogP contribution in [0.3, 0.4) is 0 Å². The molecule has 0 fully saturated rings. The normalized spacial score (nSPS) is 11.1. The number of carboxylic acid groups (broad SMARTS) is 1. The summed E-state index contributed by atoms with van der Waals surface area (Å²) in [6.45, 7) is 5.32. The van der Waals surface area contributed by atoms with Crippen LogP contribution in [-0.2, 0) is 16.0 Å². The average molecular weight is 272 g/mol. The number of ether oxygens (including phenoxy) is 1. The lowest BCUT2D eigenvalue weighted by Crippen LogP contribution is -2.34. The van der Waals surface area contributed by atoms with Crippen molar-refractivity contribution < 1.29 is 19.4 Å². The first-order chi connectivity index (χ1) is 8.19. The fourth-order valence-corrected chi connectivity index (χ4v) is 1.94. The van der Waals surface area contributed by atoms with Crippen LogP contribution in [0, 0.1) is 0 Å². The zero-order valence-corrected chi connectivity index (χ0v) is 11.6. The molecular weight excluding hydrogens is 256 g/mol. The molecule has 0 saturated heterocycles. The van der Waals surface area contributed by atoms with Gasteiger partial charge in [-0.25, -0.2) is 9.78 Å². The van der Waals surface area contributed by atoms with Crippen molar-refractivity contribution in [2.45, 2.75) is 32.8 Å². The summed E-state index contributed by atoms with van der Waals surface area (Å²) in [5.74, 6) is -0.926. The number of thiazole rings is 1. The van der Waals surface area contributed by atoms with Crippen molar-refractivity contribution in [1.29, 1.82) is 0 Å². The number of amides is 1. The maximum Gasteiger partial charge on any atom is 0.416 e. The molecule has 0 aliphatic rings. The molecule has 0 radical (unpaired) electrons. The minimum atomic E-state index is -0.926. The van der Waals surface area contributed by atoms with E-state index in [1.807, 2.05) is 0 Å². The molecule has 0 aliphatic heterocycles. The van der Waals surface area contributed by atoms with Gasteiger partial charge in [0.05, 0.1) is 6.42 Å². The van der Waals surface area contributed by atoms with Gasteiger partial charge in [0.2, 0.25) is 0 Å². The second kappa shape index (κ2) is 5.34. The summed E-state index contributed by atoms with van der Waals surface area (Å²) in [5.41, 5.74) is -0.577. The van der Waals surface area contributed by atoms with Crippen LogP contribution in [0.25, 0.3) is 0 Å². The molecule has 100 valence electrons. The maximum atomic E-state index is 11.7. The summed E-state index contributed by atoms with van der Waals surface area (Å²) in [7, 11) is 1.54. The van der Waals surface area contributed by atoms with Crippen molar-refractivity contribution >= 4 is 28.5 Å². The van der Waals surface area contributed by atoms with Gasteiger partial charge in [-0.1, -0.05) is 0 Å². The van der Waals surface area contributed by atoms with Gasteiger partial charge in [0, 0.05) is 18.1 Å². The van der Waals surface area contributed by atoms with Crippen molar-refractivity contribution in [2.24, 2.45) is 0 Å². The number of carboxylic acids is 1. The molecule has 1 aromatic rings. The molecule has 6 nitrogen and oxygen atoms in total. The third-order valence-electron chi connectivity index (χ3n) is 1.82. The molecule has 1 heterocycles. The van der Waals surface area contributed by atoms with E-state index < -0.39 is 17.7 Å². The van der Waals surface area contributed by atoms with Crippen molar-refractivity contribution in [1.82, 2.24) is 4.98 Å². The summed E-state index contributed by atoms with van der Waals surface area (Å²) in [4.78, 5) is 28.1. The van der Waals surface area contributed by atoms with Crippen LogP contribution >= 0.6 is 11.3 Å². The minimum absolute atomic E-state index is 0.0974. The molecule has 0 atom stereocenters. The van der Waals surface area contributed by atoms with Crippen molar-refractivity contribution in [3.8, 4) is 0 Å². The number of hydrogen-bond acceptors (Lipinski definition) is 5. The van der Waals surface area contributed by atoms with E-state index in [1.54, 1.807) is 20.8 Å². The Balaban J connectivity index is 2.72. The highest BCUT2D eigenvalue weighted by Gasteiger charge is 2.22. The zero-order chi connectivity index (χ0) is 13.9. The predicted octanol–water partition coefficient (Wildman–Crippen LogP) is 2.14. The highest BCUT2D eigenvalue weighted by Crippen LogP contribution is 2.23. The highest BCUT2D eigenvalue weighted by atomic mass is 32.1. The van der Waals surface area contributed by atoms with Crippen molar-refractivity contribution in [3.63, 3.8) is 0 Å². The number of nitrogens with zero attached hydrogens (tertiary/aromatic N) is 2. The molecule has 1 amide bonds. The summed E-state index contributed by atoms with van der Waals surface area (Å²) in [6.07, 6.45) is 0.841. The molecule has 18 heavy (non-hydrogen) atoms. The molecule has 0 aromatic carbocycles. The van der Waals surface area contributed by atoms with Crippen LogP contribution in [-0.4, -0.2) is 34.8 Å². The first-order valence-corrected chi connectivity index (χ1v) is 6.14. The number of anilines is 1. The molecule has 1 aromatic heterocycles. The predicted molar refractivity (Wildman–Crippen MR) is 68.1 cm³/mol. The Morgan fingerprint density at radius 2 is 2.11 bits per heavy atom. The molecule has 7 heteroatoms. The molecular formula is C11H16N2O4S. The smallest absolute Gasteiger partial charge is 0.416 e. The summed E-state index contributed by atoms with van der Waals surface area (Å²) >= 11 is 1.16. The summed E-state index contributed by atoms with van der Waals surface area (Å²) < 4.78 is 5.18. The van der Waals surface area contributed by atoms with Crippen LogP contribution in [0.5, 0.6) is 0 Å². The maximum absolute atomic E-state index is 11.7. The van der Waals surface area contributed by atoms with Gasteiger partial charge in [0.15, 0.2) is 5.13 Å². The Bertz CT molecular complexity index is 450. The Hall–Kier alpha value is -1.63. The largest absolute Gasteiger partial charge is 0.481 e. The molecule has 0 aliphatic carbocycles. The Morgan fingerprint density at radius 3 is 2.61 bits per heavy atom. The Kier molecular flexibility index (Phi) is 4.28. The number of carbonyl (C=O) groups is 2. The number of rotatable bonds is 3. The second-order valence-corrected chi connectivity index (χ2v) is 5.81. The second-order valence-electron chi connectivity index (χ2n) is 4.72. The topological polar surface area (TPSA) is 79.7 Å². The highest BCUT2D eigenvalue weighted by molar-refractivity contribution is 7.15. The SMILES string of the molecule is CN(C(=O)OC(C)(C)C)c1ncc(CC(=O)O)s1. The van der Waals surface area contributed by atoms with E-state index in [2.05, 4.69) is 4.98 Å². The van der Waals surface area contributed by atoms with Crippen molar-refractivity contribution in [3.05, 3.63) is 11.1 Å². The van der Waals surface area contributed by atoms with Gasteiger partial charge < -0.3 is 9.84 Å². The molecule has 1 N–H and O–H groups in total. The standard InChI is InChI=1S/C11H16N2O4S/c1-11(2,3)17-10(16)13(4)9-12-6-7(18-9)5-8(14)15/h6H,5H2,1-4H3,(H,14,15). The third kappa shape index (κ3) is 4.33. The van der Waals surface area contributed by atoms with Gasteiger partial charge in [-0.15, -0.1) is 11.3 Å². The molecule has 1 rings (SSSR count). The van der Waals surface area contributed by atoms with E-state index in [1.165, 1.54) is 18.1 Å². The van der Waals surface area contributed by atoms with Crippen LogP contribution < -0.4 is 4.90 Å². The lowest BCUT2D eigenvalue weighted by molar-refractivity contribution is -0.136. The Morgan fingerprint density at radius 1 is 1.50 bits per heavy atom. The molecule has 0 saturated carbocycles. The number of aromatic nitrogens is 1. The summed E-state index contributed by atoms with van der Waals surface area (Å²) in [5, 5.41) is 9.07. The summed E-state index contributed by atoms with van der Waals surface area (Å²) in [6, 6.07) is 0. The van der Waals surface area contributed by atoms with E-state index in [4.69, 9.17) is 9.84 Å². The fourth-order valence-electron chi connectivity index (χ4n) is 1.09. The van der Waals surface area contributed by atoms with Gasteiger partial charge in [0.1, 0.15) is 5.60 Å². The fraction of sp³-hybridized carbons (Fsp3) is 0.545. The van der Waals surface area contributed by atoms with Gasteiger partial charge in [-0.2, -0.15) is 0 Å². The van der Waals surface area contributed by atoms with Gasteiger partial charge in [-0.3, -0.25) is 9.69 Å². The first kappa shape index (κ1) is 14.4. The quantitative estimate of drug-likeness (QED) is 0.911. The van der Waals surface area contributed by atoms with E-state index in [0.717, 1.165) is 11.3 Å². The van der Waals surface area contributed by atoms with Crippen molar-refractivity contribution in [2.75, 3.05) is 11.9 Å². The monoisotopic (exact) mass is 272 g/mol. The minimum Gasteiger partial charge on any atom is -0.481 e. The molecule has 0 unspecified atom stereocenters. The Labute approximate surface area is 109 Å². The van der Waals surface area contributed by atoms with Gasteiger partial charge in [-0.05, 0) is 20.8 Å². The lowest BCUT2D eigenvalue weighted by atomic mass is 10.2. The van der Waals surface area contributed by atoms with Gasteiger partial charge >= 0.3 is 12.1 Å². The zero-order valence-electron chi connectivity index (χ0n) is 10.8. The van der Waals surface area contributed by atoms with Crippen LogP contribution in [0.2, 0.25) is 0 Å². The van der Waals surface area contributed by atoms with E-state index in [-0.39, 0.29) is 6.42 Å². The van der Waals surface area contributed by atoms with Crippen LogP contribution in [0.15, 0.2) is 6.20 Å². The number of hydrogen-bond donors (Lipinski definition) is 1. The number of aliphatic carboxylic acids is 1. The van der Waals surface area contributed by atoms with Crippen LogP contribution in [0.1, 0.15) is 25.6 Å². The van der Waals surface area contributed by atoms with E-state index >= 15 is 0 Å².